The molecule has 4 rings (SSSR count). The molecule has 236 valence electrons. The fraction of sp³-hybridized carbons (Fsp3) is 0.257. The molecule has 0 saturated heterocycles. The molecule has 1 N–H and O–H groups in total. The summed E-state index contributed by atoms with van der Waals surface area (Å²) in [4.78, 5) is 29.9. The van der Waals surface area contributed by atoms with E-state index in [-0.39, 0.29) is 29.5 Å². The van der Waals surface area contributed by atoms with Gasteiger partial charge in [0.1, 0.15) is 12.6 Å². The summed E-state index contributed by atoms with van der Waals surface area (Å²) in [5.74, 6) is -0.899. The number of sulfonamides is 1. The van der Waals surface area contributed by atoms with E-state index in [4.69, 9.17) is 23.2 Å². The Labute approximate surface area is 275 Å². The van der Waals surface area contributed by atoms with Gasteiger partial charge in [-0.15, -0.1) is 0 Å². The van der Waals surface area contributed by atoms with Crippen molar-refractivity contribution in [1.29, 1.82) is 0 Å². The van der Waals surface area contributed by atoms with Crippen molar-refractivity contribution < 1.29 is 18.0 Å². The van der Waals surface area contributed by atoms with Gasteiger partial charge in [0.05, 0.1) is 10.6 Å². The van der Waals surface area contributed by atoms with Crippen LogP contribution in [-0.2, 0) is 32.6 Å². The van der Waals surface area contributed by atoms with Crippen molar-refractivity contribution in [3.8, 4) is 0 Å². The Kier molecular flexibility index (Phi) is 11.0. The van der Waals surface area contributed by atoms with Gasteiger partial charge in [0.2, 0.25) is 11.8 Å². The summed E-state index contributed by atoms with van der Waals surface area (Å²) < 4.78 is 29.2. The second-order valence-corrected chi connectivity index (χ2v) is 14.6. The van der Waals surface area contributed by atoms with Crippen molar-refractivity contribution >= 4 is 50.7 Å². The third-order valence-corrected chi connectivity index (χ3v) is 9.42. The molecular formula is C35H37Cl2N3O4S. The third-order valence-electron chi connectivity index (χ3n) is 7.15. The monoisotopic (exact) mass is 665 g/mol. The Hall–Kier alpha value is -3.85. The average Bonchev–Trinajstić information content (AvgIpc) is 2.98. The number of aryl methyl sites for hydroxylation is 1. The maximum atomic E-state index is 14.5. The van der Waals surface area contributed by atoms with Gasteiger partial charge in [-0.1, -0.05) is 83.9 Å². The van der Waals surface area contributed by atoms with Gasteiger partial charge in [0.25, 0.3) is 10.0 Å². The second kappa shape index (κ2) is 14.5. The van der Waals surface area contributed by atoms with Crippen molar-refractivity contribution in [3.05, 3.63) is 130 Å². The molecule has 1 unspecified atom stereocenters. The van der Waals surface area contributed by atoms with Crippen LogP contribution in [0.25, 0.3) is 0 Å². The molecular weight excluding hydrogens is 629 g/mol. The molecule has 0 aliphatic carbocycles. The summed E-state index contributed by atoms with van der Waals surface area (Å²) in [6.07, 6.45) is 0.224. The minimum Gasteiger partial charge on any atom is -0.350 e. The van der Waals surface area contributed by atoms with Crippen LogP contribution >= 0.6 is 23.2 Å². The van der Waals surface area contributed by atoms with Gasteiger partial charge >= 0.3 is 0 Å². The summed E-state index contributed by atoms with van der Waals surface area (Å²) in [5, 5.41) is 3.71. The van der Waals surface area contributed by atoms with Crippen LogP contribution in [0.4, 0.5) is 5.69 Å². The molecule has 0 bridgehead atoms. The first kappa shape index (κ1) is 34.0. The minimum atomic E-state index is -4.26. The number of anilines is 1. The van der Waals surface area contributed by atoms with Crippen LogP contribution < -0.4 is 9.62 Å². The van der Waals surface area contributed by atoms with Gasteiger partial charge in [0, 0.05) is 28.5 Å². The zero-order chi connectivity index (χ0) is 32.8. The van der Waals surface area contributed by atoms with E-state index in [9.17, 15) is 18.0 Å². The Bertz CT molecular complexity index is 1740. The van der Waals surface area contributed by atoms with Gasteiger partial charge in [-0.2, -0.15) is 0 Å². The average molecular weight is 667 g/mol. The summed E-state index contributed by atoms with van der Waals surface area (Å²) in [7, 11) is -4.26. The lowest BCUT2D eigenvalue weighted by molar-refractivity contribution is -0.140. The number of amides is 2. The fourth-order valence-corrected chi connectivity index (χ4v) is 6.59. The van der Waals surface area contributed by atoms with Crippen LogP contribution in [0.3, 0.4) is 0 Å². The van der Waals surface area contributed by atoms with E-state index in [0.717, 1.165) is 21.0 Å². The molecule has 0 saturated carbocycles. The molecule has 0 radical (unpaired) electrons. The topological polar surface area (TPSA) is 86.8 Å². The Balaban J connectivity index is 1.83. The number of benzene rings is 4. The summed E-state index contributed by atoms with van der Waals surface area (Å²) in [6.45, 7) is 7.06. The Morgan fingerprint density at radius 2 is 1.47 bits per heavy atom. The molecule has 0 aliphatic rings. The van der Waals surface area contributed by atoms with E-state index >= 15 is 0 Å². The predicted octanol–water partition coefficient (Wildman–Crippen LogP) is 7.05. The number of halogens is 2. The molecule has 0 spiro atoms. The normalized spacial score (nSPS) is 12.3. The van der Waals surface area contributed by atoms with Gasteiger partial charge in [0.15, 0.2) is 0 Å². The lowest BCUT2D eigenvalue weighted by atomic mass is 10.00. The number of hydrogen-bond donors (Lipinski definition) is 1. The molecule has 0 heterocycles. The summed E-state index contributed by atoms with van der Waals surface area (Å²) >= 11 is 12.3. The number of nitrogens with one attached hydrogen (secondary N) is 1. The zero-order valence-corrected chi connectivity index (χ0v) is 28.0. The van der Waals surface area contributed by atoms with Crippen LogP contribution in [0, 0.1) is 6.92 Å². The van der Waals surface area contributed by atoms with E-state index in [1.807, 2.05) is 82.3 Å². The Morgan fingerprint density at radius 1 is 0.822 bits per heavy atom. The molecule has 0 aliphatic heterocycles. The molecule has 45 heavy (non-hydrogen) atoms. The highest BCUT2D eigenvalue weighted by atomic mass is 35.5. The van der Waals surface area contributed by atoms with Gasteiger partial charge in [-0.25, -0.2) is 8.42 Å². The highest BCUT2D eigenvalue weighted by Gasteiger charge is 2.35. The van der Waals surface area contributed by atoms with Crippen molar-refractivity contribution in [2.24, 2.45) is 0 Å². The molecule has 1 atom stereocenters. The maximum absolute atomic E-state index is 14.5. The van der Waals surface area contributed by atoms with E-state index in [2.05, 4.69) is 5.32 Å². The van der Waals surface area contributed by atoms with Crippen LogP contribution in [-0.4, -0.2) is 43.3 Å². The lowest BCUT2D eigenvalue weighted by Gasteiger charge is -2.35. The number of rotatable bonds is 11. The van der Waals surface area contributed by atoms with Gasteiger partial charge in [-0.3, -0.25) is 13.9 Å². The third kappa shape index (κ3) is 9.10. The van der Waals surface area contributed by atoms with Crippen molar-refractivity contribution in [1.82, 2.24) is 10.2 Å². The molecule has 0 fully saturated rings. The quantitative estimate of drug-likeness (QED) is 0.186. The van der Waals surface area contributed by atoms with Crippen LogP contribution in [0.1, 0.15) is 37.5 Å². The smallest absolute Gasteiger partial charge is 0.264 e. The highest BCUT2D eigenvalue weighted by molar-refractivity contribution is 7.92. The molecule has 10 heteroatoms. The predicted molar refractivity (Wildman–Crippen MR) is 181 cm³/mol. The number of carbonyl (C=O) groups excluding carboxylic acids is 2. The largest absolute Gasteiger partial charge is 0.350 e. The van der Waals surface area contributed by atoms with E-state index in [1.165, 1.54) is 35.2 Å². The van der Waals surface area contributed by atoms with Gasteiger partial charge in [-0.05, 0) is 86.8 Å². The fourth-order valence-electron chi connectivity index (χ4n) is 4.87. The van der Waals surface area contributed by atoms with Gasteiger partial charge < -0.3 is 10.2 Å². The van der Waals surface area contributed by atoms with Crippen molar-refractivity contribution in [2.75, 3.05) is 10.8 Å². The molecule has 7 nitrogen and oxygen atoms in total. The summed E-state index contributed by atoms with van der Waals surface area (Å²) in [5.41, 5.74) is 2.26. The van der Waals surface area contributed by atoms with E-state index in [0.29, 0.717) is 10.0 Å². The van der Waals surface area contributed by atoms with E-state index in [1.54, 1.807) is 18.2 Å². The molecule has 0 aromatic heterocycles. The number of carbonyl (C=O) groups is 2. The van der Waals surface area contributed by atoms with Crippen LogP contribution in [0.15, 0.2) is 108 Å². The first-order valence-corrected chi connectivity index (χ1v) is 16.7. The number of nitrogens with zero attached hydrogens (tertiary/aromatic N) is 2. The standard InChI is InChI=1S/C35H37Cl2N3O4S/c1-25-11-8-9-14-27(25)23-39(32(34(42)38-35(2,3)4)21-26-12-6-5-7-13-26)33(41)24-40(30-16-10-15-29(37)22-30)45(43,44)31-19-17-28(36)18-20-31/h5-20,22,32H,21,23-24H2,1-4H3,(H,38,42). The molecule has 4 aromatic carbocycles. The van der Waals surface area contributed by atoms with E-state index < -0.39 is 34.1 Å². The van der Waals surface area contributed by atoms with Crippen molar-refractivity contribution in [2.45, 2.75) is 57.1 Å². The summed E-state index contributed by atoms with van der Waals surface area (Å²) in [6, 6.07) is 28.1. The zero-order valence-electron chi connectivity index (χ0n) is 25.7. The first-order valence-electron chi connectivity index (χ1n) is 14.5. The maximum Gasteiger partial charge on any atom is 0.264 e. The number of hydrogen-bond acceptors (Lipinski definition) is 4. The first-order chi connectivity index (χ1) is 21.2. The SMILES string of the molecule is Cc1ccccc1CN(C(=O)CN(c1cccc(Cl)c1)S(=O)(=O)c1ccc(Cl)cc1)C(Cc1ccccc1)C(=O)NC(C)(C)C. The van der Waals surface area contributed by atoms with Crippen LogP contribution in [0.5, 0.6) is 0 Å². The lowest BCUT2D eigenvalue weighted by Crippen LogP contribution is -2.56. The molecule has 2 amide bonds. The minimum absolute atomic E-state index is 0.0450. The van der Waals surface area contributed by atoms with Crippen molar-refractivity contribution in [3.63, 3.8) is 0 Å². The highest BCUT2D eigenvalue weighted by Crippen LogP contribution is 2.28. The Morgan fingerprint density at radius 3 is 2.09 bits per heavy atom. The molecule has 4 aromatic rings. The van der Waals surface area contributed by atoms with Crippen LogP contribution in [0.2, 0.25) is 10.0 Å². The second-order valence-electron chi connectivity index (χ2n) is 11.8.